The summed E-state index contributed by atoms with van der Waals surface area (Å²) in [6, 6.07) is 3.58. The third kappa shape index (κ3) is 5.19. The molecule has 1 amide bonds. The molecule has 0 saturated heterocycles. The van der Waals surface area contributed by atoms with Crippen molar-refractivity contribution in [2.75, 3.05) is 0 Å². The van der Waals surface area contributed by atoms with Gasteiger partial charge in [-0.15, -0.1) is 0 Å². The molecule has 0 aliphatic carbocycles. The highest BCUT2D eigenvalue weighted by Gasteiger charge is 2.16. The fourth-order valence-corrected chi connectivity index (χ4v) is 2.24. The standard InChI is InChI=1S/C16H14ClN5O.C2H6/c1-10-7-19-20-9-12(10)13-6-15(21-13)22-16(23)5-3-11-2-4-14(17)18-8-11;1-2/h2,4,6-9H,3,5H2,1H3,(H,21,22,23);1-2H3. The van der Waals surface area contributed by atoms with Gasteiger partial charge in [-0.05, 0) is 30.5 Å². The third-order valence-corrected chi connectivity index (χ3v) is 3.64. The average molecular weight is 358 g/mol. The Bertz CT molecular complexity index is 799. The minimum absolute atomic E-state index is 0.0847. The summed E-state index contributed by atoms with van der Waals surface area (Å²) >= 11 is 5.72. The van der Waals surface area contributed by atoms with Gasteiger partial charge in [0.15, 0.2) is 0 Å². The maximum absolute atomic E-state index is 11.9. The molecule has 0 bridgehead atoms. The van der Waals surface area contributed by atoms with Crippen LogP contribution in [0.15, 0.2) is 41.8 Å². The summed E-state index contributed by atoms with van der Waals surface area (Å²) in [5.41, 5.74) is 3.69. The van der Waals surface area contributed by atoms with Crippen molar-refractivity contribution < 1.29 is 4.79 Å². The van der Waals surface area contributed by atoms with Crippen molar-refractivity contribution in [2.24, 2.45) is 4.99 Å². The number of nitrogens with one attached hydrogen (secondary N) is 1. The molecule has 0 atom stereocenters. The number of hydrogen-bond donors (Lipinski definition) is 1. The van der Waals surface area contributed by atoms with Crippen molar-refractivity contribution >= 4 is 29.0 Å². The van der Waals surface area contributed by atoms with E-state index in [-0.39, 0.29) is 5.91 Å². The largest absolute Gasteiger partial charge is 0.311 e. The lowest BCUT2D eigenvalue weighted by atomic mass is 10.1. The molecular weight excluding hydrogens is 338 g/mol. The normalized spacial score (nSPS) is 12.2. The fourth-order valence-electron chi connectivity index (χ4n) is 2.13. The SMILES string of the molecule is CC.Cc1cnncc1C1=CC(NC(=O)CCc2ccc(Cl)nc2)=N1. The molecule has 25 heavy (non-hydrogen) atoms. The summed E-state index contributed by atoms with van der Waals surface area (Å²) in [5.74, 6) is 0.481. The Labute approximate surface area is 152 Å². The Morgan fingerprint density at radius 1 is 1.16 bits per heavy atom. The lowest BCUT2D eigenvalue weighted by Gasteiger charge is -2.16. The molecule has 6 nitrogen and oxygen atoms in total. The maximum Gasteiger partial charge on any atom is 0.225 e. The molecule has 0 radical (unpaired) electrons. The van der Waals surface area contributed by atoms with Crippen LogP contribution in [0, 0.1) is 6.92 Å². The molecule has 0 saturated carbocycles. The van der Waals surface area contributed by atoms with E-state index in [1.807, 2.05) is 32.9 Å². The first-order valence-electron chi connectivity index (χ1n) is 8.10. The molecular formula is C18H20ClN5O. The summed E-state index contributed by atoms with van der Waals surface area (Å²) < 4.78 is 0. The summed E-state index contributed by atoms with van der Waals surface area (Å²) in [6.07, 6.45) is 7.81. The molecule has 0 fully saturated rings. The van der Waals surface area contributed by atoms with Gasteiger partial charge < -0.3 is 5.32 Å². The van der Waals surface area contributed by atoms with Gasteiger partial charge >= 0.3 is 0 Å². The van der Waals surface area contributed by atoms with Crippen LogP contribution in [-0.4, -0.2) is 26.9 Å². The third-order valence-electron chi connectivity index (χ3n) is 3.42. The Morgan fingerprint density at radius 2 is 1.88 bits per heavy atom. The quantitative estimate of drug-likeness (QED) is 0.851. The van der Waals surface area contributed by atoms with Crippen LogP contribution in [-0.2, 0) is 11.2 Å². The highest BCUT2D eigenvalue weighted by Crippen LogP contribution is 2.23. The molecule has 3 heterocycles. The van der Waals surface area contributed by atoms with Crippen LogP contribution in [0.2, 0.25) is 5.15 Å². The first-order chi connectivity index (χ1) is 12.1. The lowest BCUT2D eigenvalue weighted by Crippen LogP contribution is -2.32. The van der Waals surface area contributed by atoms with Crippen LogP contribution in [0.1, 0.15) is 37.0 Å². The Balaban J connectivity index is 0.00000109. The molecule has 3 rings (SSSR count). The number of aryl methyl sites for hydroxylation is 2. The van der Waals surface area contributed by atoms with E-state index in [1.165, 1.54) is 0 Å². The number of nitrogens with zero attached hydrogens (tertiary/aromatic N) is 4. The van der Waals surface area contributed by atoms with Crippen LogP contribution in [0.25, 0.3) is 5.70 Å². The average Bonchev–Trinajstić information content (AvgIpc) is 2.60. The Kier molecular flexibility index (Phi) is 6.77. The number of aromatic nitrogens is 3. The molecule has 0 aromatic carbocycles. The van der Waals surface area contributed by atoms with Crippen LogP contribution >= 0.6 is 11.6 Å². The molecule has 0 spiro atoms. The first-order valence-corrected chi connectivity index (χ1v) is 8.48. The summed E-state index contributed by atoms with van der Waals surface area (Å²) in [6.45, 7) is 5.94. The Morgan fingerprint density at radius 3 is 2.52 bits per heavy atom. The van der Waals surface area contributed by atoms with Gasteiger partial charge in [-0.1, -0.05) is 31.5 Å². The monoisotopic (exact) mass is 357 g/mol. The predicted molar refractivity (Wildman–Crippen MR) is 99.2 cm³/mol. The van der Waals surface area contributed by atoms with E-state index in [4.69, 9.17) is 11.6 Å². The van der Waals surface area contributed by atoms with Gasteiger partial charge in [-0.3, -0.25) is 4.79 Å². The van der Waals surface area contributed by atoms with Crippen molar-refractivity contribution in [2.45, 2.75) is 33.6 Å². The van der Waals surface area contributed by atoms with E-state index in [2.05, 4.69) is 25.5 Å². The molecule has 1 N–H and O–H groups in total. The number of pyridine rings is 1. The lowest BCUT2D eigenvalue weighted by molar-refractivity contribution is -0.119. The smallest absolute Gasteiger partial charge is 0.225 e. The number of aliphatic imine (C=N–C) groups is 1. The number of halogens is 1. The van der Waals surface area contributed by atoms with Crippen molar-refractivity contribution in [1.29, 1.82) is 0 Å². The molecule has 7 heteroatoms. The summed E-state index contributed by atoms with van der Waals surface area (Å²) in [5, 5.41) is 10.9. The number of hydrogen-bond acceptors (Lipinski definition) is 5. The van der Waals surface area contributed by atoms with E-state index >= 15 is 0 Å². The highest BCUT2D eigenvalue weighted by molar-refractivity contribution is 6.29. The zero-order chi connectivity index (χ0) is 18.2. The second-order valence-electron chi connectivity index (χ2n) is 5.15. The van der Waals surface area contributed by atoms with Crippen molar-refractivity contribution in [1.82, 2.24) is 20.5 Å². The molecule has 130 valence electrons. The number of carbonyl (C=O) groups is 1. The van der Waals surface area contributed by atoms with Gasteiger partial charge in [0.25, 0.3) is 0 Å². The van der Waals surface area contributed by atoms with Gasteiger partial charge in [0.2, 0.25) is 5.91 Å². The maximum atomic E-state index is 11.9. The molecule has 1 aliphatic heterocycles. The Hall–Kier alpha value is -2.60. The van der Waals surface area contributed by atoms with Crippen molar-refractivity contribution in [3.63, 3.8) is 0 Å². The fraction of sp³-hybridized carbons (Fsp3) is 0.278. The molecule has 0 unspecified atom stereocenters. The zero-order valence-electron chi connectivity index (χ0n) is 14.5. The number of carbonyl (C=O) groups excluding carboxylic acids is 1. The summed E-state index contributed by atoms with van der Waals surface area (Å²) in [7, 11) is 0. The van der Waals surface area contributed by atoms with E-state index < -0.39 is 0 Å². The van der Waals surface area contributed by atoms with Gasteiger partial charge in [0.05, 0.1) is 18.1 Å². The van der Waals surface area contributed by atoms with Gasteiger partial charge in [-0.25, -0.2) is 9.98 Å². The zero-order valence-corrected chi connectivity index (χ0v) is 15.2. The van der Waals surface area contributed by atoms with Gasteiger partial charge in [-0.2, -0.15) is 10.2 Å². The first kappa shape index (κ1) is 18.7. The number of amides is 1. The predicted octanol–water partition coefficient (Wildman–Crippen LogP) is 3.36. The minimum atomic E-state index is -0.0847. The van der Waals surface area contributed by atoms with E-state index in [0.29, 0.717) is 23.8 Å². The molecule has 1 aliphatic rings. The van der Waals surface area contributed by atoms with Crippen molar-refractivity contribution in [3.8, 4) is 0 Å². The van der Waals surface area contributed by atoms with Gasteiger partial charge in [0, 0.05) is 24.3 Å². The van der Waals surface area contributed by atoms with Crippen LogP contribution in [0.3, 0.4) is 0 Å². The topological polar surface area (TPSA) is 80.1 Å². The molecule has 2 aromatic heterocycles. The van der Waals surface area contributed by atoms with Crippen LogP contribution in [0.5, 0.6) is 0 Å². The number of rotatable bonds is 4. The van der Waals surface area contributed by atoms with E-state index in [9.17, 15) is 4.79 Å². The molecule has 2 aromatic rings. The van der Waals surface area contributed by atoms with Gasteiger partial charge in [0.1, 0.15) is 11.0 Å². The van der Waals surface area contributed by atoms with Crippen LogP contribution in [0.4, 0.5) is 0 Å². The second-order valence-corrected chi connectivity index (χ2v) is 5.54. The highest BCUT2D eigenvalue weighted by atomic mass is 35.5. The second kappa shape index (κ2) is 9.03. The van der Waals surface area contributed by atoms with E-state index in [0.717, 1.165) is 22.4 Å². The minimum Gasteiger partial charge on any atom is -0.311 e. The van der Waals surface area contributed by atoms with Crippen molar-refractivity contribution in [3.05, 3.63) is 58.6 Å². The van der Waals surface area contributed by atoms with Crippen LogP contribution < -0.4 is 5.32 Å². The summed E-state index contributed by atoms with van der Waals surface area (Å²) in [4.78, 5) is 20.2. The van der Waals surface area contributed by atoms with E-state index in [1.54, 1.807) is 24.7 Å². The number of amidine groups is 1.